The number of rotatable bonds is 5. The van der Waals surface area contributed by atoms with Crippen LogP contribution in [0, 0.1) is 6.92 Å². The average molecular weight is 425 g/mol. The van der Waals surface area contributed by atoms with E-state index in [2.05, 4.69) is 15.5 Å². The summed E-state index contributed by atoms with van der Waals surface area (Å²) in [5.74, 6) is -1.77. The van der Waals surface area contributed by atoms with Gasteiger partial charge in [-0.25, -0.2) is 0 Å². The van der Waals surface area contributed by atoms with Gasteiger partial charge in [0.05, 0.1) is 11.3 Å². The fourth-order valence-electron chi connectivity index (χ4n) is 3.56. The minimum atomic E-state index is -1.40. The summed E-state index contributed by atoms with van der Waals surface area (Å²) in [5, 5.41) is 10.7. The van der Waals surface area contributed by atoms with Gasteiger partial charge in [0, 0.05) is 22.4 Å². The predicted molar refractivity (Wildman–Crippen MR) is 119 cm³/mol. The third-order valence-corrected chi connectivity index (χ3v) is 5.25. The van der Waals surface area contributed by atoms with Crippen molar-refractivity contribution in [3.63, 3.8) is 0 Å². The number of ketones is 3. The van der Waals surface area contributed by atoms with Gasteiger partial charge in [0.15, 0.2) is 17.3 Å². The lowest BCUT2D eigenvalue weighted by Crippen LogP contribution is -2.32. The number of hydrogen-bond acceptors (Lipinski definition) is 6. The van der Waals surface area contributed by atoms with Crippen LogP contribution in [-0.4, -0.2) is 29.3 Å². The first-order valence-corrected chi connectivity index (χ1v) is 9.97. The summed E-state index contributed by atoms with van der Waals surface area (Å²) in [7, 11) is 0. The molecule has 0 saturated heterocycles. The van der Waals surface area contributed by atoms with Crippen molar-refractivity contribution in [2.75, 3.05) is 5.32 Å². The molecule has 0 heterocycles. The Labute approximate surface area is 184 Å². The van der Waals surface area contributed by atoms with Gasteiger partial charge in [-0.1, -0.05) is 54.6 Å². The number of Topliss-reactive ketones (excluding diaryl/α,β-unsaturated/α-hetero) is 1. The topological polar surface area (TPSA) is 105 Å². The zero-order valence-electron chi connectivity index (χ0n) is 17.5. The largest absolute Gasteiger partial charge is 0.324 e. The number of para-hydroxylation sites is 1. The lowest BCUT2D eigenvalue weighted by atomic mass is 9.83. The van der Waals surface area contributed by atoms with Gasteiger partial charge in [-0.15, -0.1) is 0 Å². The first kappa shape index (κ1) is 21.0. The molecule has 32 heavy (non-hydrogen) atoms. The van der Waals surface area contributed by atoms with Gasteiger partial charge >= 0.3 is 0 Å². The van der Waals surface area contributed by atoms with Crippen LogP contribution in [-0.2, 0) is 9.59 Å². The van der Waals surface area contributed by atoms with E-state index >= 15 is 0 Å². The van der Waals surface area contributed by atoms with E-state index < -0.39 is 17.7 Å². The maximum absolute atomic E-state index is 13.1. The van der Waals surface area contributed by atoms with Crippen molar-refractivity contribution < 1.29 is 19.2 Å². The Morgan fingerprint density at radius 2 is 1.44 bits per heavy atom. The predicted octanol–water partition coefficient (Wildman–Crippen LogP) is 4.45. The maximum Gasteiger partial charge on any atom is 0.258 e. The monoisotopic (exact) mass is 425 g/mol. The zero-order valence-corrected chi connectivity index (χ0v) is 17.5. The first-order chi connectivity index (χ1) is 15.4. The van der Waals surface area contributed by atoms with Crippen molar-refractivity contribution >= 4 is 34.6 Å². The number of hydrogen-bond donors (Lipinski definition) is 1. The van der Waals surface area contributed by atoms with E-state index in [0.29, 0.717) is 11.3 Å². The van der Waals surface area contributed by atoms with Crippen LogP contribution in [0.4, 0.5) is 11.4 Å². The number of amides is 1. The van der Waals surface area contributed by atoms with Crippen LogP contribution in [0.2, 0.25) is 0 Å². The number of nitrogens with zero attached hydrogens (tertiary/aromatic N) is 2. The molecule has 3 aromatic rings. The molecule has 0 spiro atoms. The number of nitrogens with one attached hydrogen (secondary N) is 1. The van der Waals surface area contributed by atoms with E-state index in [1.807, 2.05) is 19.1 Å². The molecule has 0 aliphatic heterocycles. The lowest BCUT2D eigenvalue weighted by Gasteiger charge is -2.18. The van der Waals surface area contributed by atoms with E-state index in [0.717, 1.165) is 5.56 Å². The third-order valence-electron chi connectivity index (χ3n) is 5.25. The Morgan fingerprint density at radius 1 is 0.812 bits per heavy atom. The molecule has 158 valence electrons. The highest BCUT2D eigenvalue weighted by atomic mass is 16.2. The van der Waals surface area contributed by atoms with Gasteiger partial charge in [0.25, 0.3) is 5.91 Å². The van der Waals surface area contributed by atoms with Gasteiger partial charge in [-0.2, -0.15) is 10.2 Å². The minimum absolute atomic E-state index is 0.113. The fraction of sp³-hybridized carbons (Fsp3) is 0.120. The molecule has 4 rings (SSSR count). The standard InChI is InChI=1S/C25H19N3O4/c1-14-8-3-6-12-19(14)26-25(32)22(15(2)29)28-27-20-13-7-11-18-21(20)24(31)17-10-5-4-9-16(17)23(18)30/h3-13,22H,1-2H3,(H,26,32)/t22-/m1/s1. The summed E-state index contributed by atoms with van der Waals surface area (Å²) >= 11 is 0. The Morgan fingerprint density at radius 3 is 2.12 bits per heavy atom. The fourth-order valence-corrected chi connectivity index (χ4v) is 3.56. The van der Waals surface area contributed by atoms with E-state index in [9.17, 15) is 19.2 Å². The molecule has 1 N–H and O–H groups in total. The number of azo groups is 1. The molecule has 0 fully saturated rings. The van der Waals surface area contributed by atoms with E-state index in [4.69, 9.17) is 0 Å². The van der Waals surface area contributed by atoms with E-state index in [1.54, 1.807) is 48.5 Å². The summed E-state index contributed by atoms with van der Waals surface area (Å²) < 4.78 is 0. The van der Waals surface area contributed by atoms with Crippen molar-refractivity contribution in [1.29, 1.82) is 0 Å². The molecule has 0 saturated carbocycles. The van der Waals surface area contributed by atoms with Crippen molar-refractivity contribution in [3.8, 4) is 0 Å². The van der Waals surface area contributed by atoms with E-state index in [1.165, 1.54) is 13.0 Å². The quantitative estimate of drug-likeness (QED) is 0.377. The third kappa shape index (κ3) is 3.76. The number of benzene rings is 3. The molecule has 1 amide bonds. The molecule has 0 aromatic heterocycles. The van der Waals surface area contributed by atoms with Crippen molar-refractivity contribution in [1.82, 2.24) is 0 Å². The summed E-state index contributed by atoms with van der Waals surface area (Å²) in [6.45, 7) is 3.07. The van der Waals surface area contributed by atoms with Gasteiger partial charge in [0.2, 0.25) is 6.04 Å². The molecule has 1 aliphatic rings. The number of carbonyl (C=O) groups excluding carboxylic acids is 4. The maximum atomic E-state index is 13.1. The zero-order chi connectivity index (χ0) is 22.8. The molecule has 1 aliphatic carbocycles. The van der Waals surface area contributed by atoms with Crippen molar-refractivity contribution in [2.45, 2.75) is 19.9 Å². The highest BCUT2D eigenvalue weighted by Gasteiger charge is 2.32. The highest BCUT2D eigenvalue weighted by Crippen LogP contribution is 2.33. The lowest BCUT2D eigenvalue weighted by molar-refractivity contribution is -0.126. The van der Waals surface area contributed by atoms with Crippen LogP contribution >= 0.6 is 0 Å². The normalized spacial score (nSPS) is 13.4. The number of anilines is 1. The molecule has 3 aromatic carbocycles. The Balaban J connectivity index is 1.67. The molecule has 1 atom stereocenters. The van der Waals surface area contributed by atoms with Gasteiger partial charge in [-0.3, -0.25) is 19.2 Å². The number of fused-ring (bicyclic) bond motifs is 2. The van der Waals surface area contributed by atoms with Crippen LogP contribution in [0.25, 0.3) is 0 Å². The summed E-state index contributed by atoms with van der Waals surface area (Å²) in [4.78, 5) is 50.7. The van der Waals surface area contributed by atoms with Gasteiger partial charge < -0.3 is 5.32 Å². The molecule has 7 nitrogen and oxygen atoms in total. The second-order valence-corrected chi connectivity index (χ2v) is 7.44. The SMILES string of the molecule is CC(=O)[C@@H](N=Nc1cccc2c1C(=O)c1ccccc1C2=O)C(=O)Nc1ccccc1C. The minimum Gasteiger partial charge on any atom is -0.324 e. The highest BCUT2D eigenvalue weighted by molar-refractivity contribution is 6.30. The summed E-state index contributed by atoms with van der Waals surface area (Å²) in [6, 6.07) is 17.0. The smallest absolute Gasteiger partial charge is 0.258 e. The van der Waals surface area contributed by atoms with Crippen LogP contribution in [0.3, 0.4) is 0 Å². The van der Waals surface area contributed by atoms with Gasteiger partial charge in [0.1, 0.15) is 0 Å². The summed E-state index contributed by atoms with van der Waals surface area (Å²) in [6.07, 6.45) is 0. The Hall–Kier alpha value is -4.26. The van der Waals surface area contributed by atoms with Crippen molar-refractivity contribution in [3.05, 3.63) is 94.5 Å². The van der Waals surface area contributed by atoms with Gasteiger partial charge in [-0.05, 0) is 31.5 Å². The molecule has 0 radical (unpaired) electrons. The van der Waals surface area contributed by atoms with Crippen LogP contribution in [0.15, 0.2) is 77.0 Å². The van der Waals surface area contributed by atoms with Crippen molar-refractivity contribution in [2.24, 2.45) is 10.2 Å². The van der Waals surface area contributed by atoms with Crippen LogP contribution < -0.4 is 5.32 Å². The van der Waals surface area contributed by atoms with Crippen LogP contribution in [0.1, 0.15) is 44.3 Å². The molecular weight excluding hydrogens is 406 g/mol. The van der Waals surface area contributed by atoms with E-state index in [-0.39, 0.29) is 33.9 Å². The number of aryl methyl sites for hydroxylation is 1. The number of carbonyl (C=O) groups is 4. The van der Waals surface area contributed by atoms with Crippen LogP contribution in [0.5, 0.6) is 0 Å². The molecular formula is C25H19N3O4. The Kier molecular flexibility index (Phi) is 5.55. The Bertz CT molecular complexity index is 1310. The molecule has 7 heteroatoms. The summed E-state index contributed by atoms with van der Waals surface area (Å²) in [5.41, 5.74) is 2.47. The molecule has 0 bridgehead atoms. The molecule has 0 unspecified atom stereocenters. The second kappa shape index (κ2) is 8.47. The average Bonchev–Trinajstić information content (AvgIpc) is 2.79. The second-order valence-electron chi connectivity index (χ2n) is 7.44. The first-order valence-electron chi connectivity index (χ1n) is 9.97.